The van der Waals surface area contributed by atoms with Crippen molar-refractivity contribution in [3.05, 3.63) is 77.8 Å². The lowest BCUT2D eigenvalue weighted by atomic mass is 10.0. The number of hydrogen-bond acceptors (Lipinski definition) is 5. The SMILES string of the molecule is O=C(c1cncnc1)N1CCCC[C@H]1c1ncc(Cc2ccc(F)cc2)o1. The maximum Gasteiger partial charge on any atom is 0.257 e. The summed E-state index contributed by atoms with van der Waals surface area (Å²) in [5, 5.41) is 0. The molecule has 6 nitrogen and oxygen atoms in total. The summed E-state index contributed by atoms with van der Waals surface area (Å²) in [6.07, 6.45) is 9.42. The van der Waals surface area contributed by atoms with Crippen LogP contribution in [0.2, 0.25) is 0 Å². The quantitative estimate of drug-likeness (QED) is 0.706. The average molecular weight is 366 g/mol. The van der Waals surface area contributed by atoms with Crippen LogP contribution in [0.15, 0.2) is 53.6 Å². The fourth-order valence-electron chi connectivity index (χ4n) is 3.37. The molecule has 3 aromatic rings. The zero-order valence-electron chi connectivity index (χ0n) is 14.7. The fourth-order valence-corrected chi connectivity index (χ4v) is 3.37. The number of benzene rings is 1. The topological polar surface area (TPSA) is 72.1 Å². The molecule has 2 aromatic heterocycles. The van der Waals surface area contributed by atoms with E-state index in [1.807, 2.05) is 0 Å². The lowest BCUT2D eigenvalue weighted by Gasteiger charge is -2.33. The number of likely N-dealkylation sites (tertiary alicyclic amines) is 1. The molecule has 3 heterocycles. The fraction of sp³-hybridized carbons (Fsp3) is 0.300. The Morgan fingerprint density at radius 2 is 1.93 bits per heavy atom. The van der Waals surface area contributed by atoms with Crippen LogP contribution in [0.4, 0.5) is 4.39 Å². The van der Waals surface area contributed by atoms with Gasteiger partial charge in [0.15, 0.2) is 0 Å². The molecule has 1 aliphatic rings. The highest BCUT2D eigenvalue weighted by Crippen LogP contribution is 2.32. The van der Waals surface area contributed by atoms with Crippen molar-refractivity contribution in [3.8, 4) is 0 Å². The first kappa shape index (κ1) is 17.3. The molecule has 27 heavy (non-hydrogen) atoms. The van der Waals surface area contributed by atoms with E-state index in [1.54, 1.807) is 23.2 Å². The van der Waals surface area contributed by atoms with Gasteiger partial charge >= 0.3 is 0 Å². The second-order valence-corrected chi connectivity index (χ2v) is 6.61. The molecule has 1 fully saturated rings. The number of carbonyl (C=O) groups is 1. The second kappa shape index (κ2) is 7.65. The third-order valence-electron chi connectivity index (χ3n) is 4.72. The molecule has 0 unspecified atom stereocenters. The van der Waals surface area contributed by atoms with Gasteiger partial charge in [-0.2, -0.15) is 0 Å². The maximum atomic E-state index is 13.0. The van der Waals surface area contributed by atoms with E-state index in [-0.39, 0.29) is 17.8 Å². The number of nitrogens with zero attached hydrogens (tertiary/aromatic N) is 4. The Morgan fingerprint density at radius 1 is 1.15 bits per heavy atom. The zero-order chi connectivity index (χ0) is 18.6. The van der Waals surface area contributed by atoms with Gasteiger partial charge in [-0.15, -0.1) is 0 Å². The maximum absolute atomic E-state index is 13.0. The van der Waals surface area contributed by atoms with Crippen LogP contribution in [0.1, 0.15) is 52.9 Å². The minimum atomic E-state index is -0.265. The summed E-state index contributed by atoms with van der Waals surface area (Å²) < 4.78 is 19.0. The van der Waals surface area contributed by atoms with Crippen LogP contribution in [0, 0.1) is 5.82 Å². The first-order chi connectivity index (χ1) is 13.2. The van der Waals surface area contributed by atoms with Gasteiger partial charge in [0.1, 0.15) is 23.9 Å². The molecule has 1 aromatic carbocycles. The molecule has 138 valence electrons. The minimum absolute atomic E-state index is 0.112. The molecule has 0 spiro atoms. The number of piperidine rings is 1. The van der Waals surface area contributed by atoms with Crippen LogP contribution >= 0.6 is 0 Å². The zero-order valence-corrected chi connectivity index (χ0v) is 14.7. The summed E-state index contributed by atoms with van der Waals surface area (Å²) in [4.78, 5) is 26.9. The number of aromatic nitrogens is 3. The summed E-state index contributed by atoms with van der Waals surface area (Å²) in [5.41, 5.74) is 1.40. The first-order valence-electron chi connectivity index (χ1n) is 8.96. The van der Waals surface area contributed by atoms with Gasteiger partial charge in [-0.3, -0.25) is 4.79 Å². The third kappa shape index (κ3) is 3.86. The van der Waals surface area contributed by atoms with Crippen molar-refractivity contribution in [2.75, 3.05) is 6.54 Å². The van der Waals surface area contributed by atoms with Gasteiger partial charge in [0.05, 0.1) is 11.8 Å². The van der Waals surface area contributed by atoms with Crippen LogP contribution in [-0.2, 0) is 6.42 Å². The highest BCUT2D eigenvalue weighted by atomic mass is 19.1. The van der Waals surface area contributed by atoms with E-state index in [1.165, 1.54) is 30.9 Å². The molecule has 1 amide bonds. The van der Waals surface area contributed by atoms with Gasteiger partial charge < -0.3 is 9.32 Å². The van der Waals surface area contributed by atoms with Crippen molar-refractivity contribution in [3.63, 3.8) is 0 Å². The largest absolute Gasteiger partial charge is 0.443 e. The van der Waals surface area contributed by atoms with Gasteiger partial charge in [-0.05, 0) is 37.0 Å². The molecule has 1 saturated heterocycles. The van der Waals surface area contributed by atoms with Gasteiger partial charge in [0.25, 0.3) is 5.91 Å². The summed E-state index contributed by atoms with van der Waals surface area (Å²) >= 11 is 0. The molecule has 1 aliphatic heterocycles. The Labute approximate surface area is 156 Å². The normalized spacial score (nSPS) is 17.1. The molecule has 0 bridgehead atoms. The Morgan fingerprint density at radius 3 is 2.70 bits per heavy atom. The third-order valence-corrected chi connectivity index (χ3v) is 4.72. The van der Waals surface area contributed by atoms with Crippen molar-refractivity contribution < 1.29 is 13.6 Å². The minimum Gasteiger partial charge on any atom is -0.443 e. The summed E-state index contributed by atoms with van der Waals surface area (Å²) in [5.74, 6) is 0.853. The molecular weight excluding hydrogens is 347 g/mol. The molecule has 0 aliphatic carbocycles. The predicted molar refractivity (Wildman–Crippen MR) is 95.4 cm³/mol. The monoisotopic (exact) mass is 366 g/mol. The molecule has 1 atom stereocenters. The standard InChI is InChI=1S/C20H19FN4O2/c21-16-6-4-14(5-7-16)9-17-12-24-19(27-17)18-3-1-2-8-25(18)20(26)15-10-22-13-23-11-15/h4-7,10-13,18H,1-3,8-9H2/t18-/m0/s1. The molecule has 0 N–H and O–H groups in total. The van der Waals surface area contributed by atoms with E-state index in [9.17, 15) is 9.18 Å². The average Bonchev–Trinajstić information content (AvgIpc) is 3.18. The number of carbonyl (C=O) groups excluding carboxylic acids is 1. The predicted octanol–water partition coefficient (Wildman–Crippen LogP) is 3.56. The summed E-state index contributed by atoms with van der Waals surface area (Å²) in [7, 11) is 0. The number of amides is 1. The highest BCUT2D eigenvalue weighted by Gasteiger charge is 2.32. The van der Waals surface area contributed by atoms with E-state index >= 15 is 0 Å². The summed E-state index contributed by atoms with van der Waals surface area (Å²) in [6.45, 7) is 0.647. The molecule has 4 rings (SSSR count). The second-order valence-electron chi connectivity index (χ2n) is 6.61. The number of oxazole rings is 1. The first-order valence-corrected chi connectivity index (χ1v) is 8.96. The van der Waals surface area contributed by atoms with Crippen LogP contribution in [-0.4, -0.2) is 32.3 Å². The van der Waals surface area contributed by atoms with Crippen molar-refractivity contribution in [2.45, 2.75) is 31.7 Å². The lowest BCUT2D eigenvalue weighted by Crippen LogP contribution is -2.38. The van der Waals surface area contributed by atoms with Crippen LogP contribution in [0.25, 0.3) is 0 Å². The Hall–Kier alpha value is -3.09. The Balaban J connectivity index is 1.53. The Bertz CT molecular complexity index is 911. The van der Waals surface area contributed by atoms with Crippen LogP contribution < -0.4 is 0 Å². The van der Waals surface area contributed by atoms with E-state index in [0.717, 1.165) is 24.8 Å². The van der Waals surface area contributed by atoms with Gasteiger partial charge in [0.2, 0.25) is 5.89 Å². The lowest BCUT2D eigenvalue weighted by molar-refractivity contribution is 0.0569. The van der Waals surface area contributed by atoms with Crippen molar-refractivity contribution in [1.29, 1.82) is 0 Å². The molecular formula is C20H19FN4O2. The van der Waals surface area contributed by atoms with E-state index in [2.05, 4.69) is 15.0 Å². The van der Waals surface area contributed by atoms with Gasteiger partial charge in [-0.1, -0.05) is 12.1 Å². The Kier molecular flexibility index (Phi) is 4.91. The number of hydrogen-bond donors (Lipinski definition) is 0. The van der Waals surface area contributed by atoms with Crippen molar-refractivity contribution in [2.24, 2.45) is 0 Å². The molecule has 0 saturated carbocycles. The van der Waals surface area contributed by atoms with Gasteiger partial charge in [-0.25, -0.2) is 19.3 Å². The van der Waals surface area contributed by atoms with E-state index in [4.69, 9.17) is 4.42 Å². The van der Waals surface area contributed by atoms with Crippen LogP contribution in [0.5, 0.6) is 0 Å². The van der Waals surface area contributed by atoms with Crippen molar-refractivity contribution >= 4 is 5.91 Å². The van der Waals surface area contributed by atoms with E-state index < -0.39 is 0 Å². The number of rotatable bonds is 4. The highest BCUT2D eigenvalue weighted by molar-refractivity contribution is 5.93. The van der Waals surface area contributed by atoms with Gasteiger partial charge in [0, 0.05) is 25.4 Å². The smallest absolute Gasteiger partial charge is 0.257 e. The number of halogens is 1. The molecule has 0 radical (unpaired) electrons. The molecule has 7 heteroatoms. The van der Waals surface area contributed by atoms with Crippen molar-refractivity contribution in [1.82, 2.24) is 19.9 Å². The summed E-state index contributed by atoms with van der Waals surface area (Å²) in [6, 6.07) is 6.10. The van der Waals surface area contributed by atoms with Crippen LogP contribution in [0.3, 0.4) is 0 Å². The van der Waals surface area contributed by atoms with E-state index in [0.29, 0.717) is 30.2 Å².